The van der Waals surface area contributed by atoms with Gasteiger partial charge in [0, 0.05) is 0 Å². The molecule has 0 atom stereocenters. The van der Waals surface area contributed by atoms with Crippen molar-refractivity contribution in [2.24, 2.45) is 0 Å². The first kappa shape index (κ1) is 27.5. The van der Waals surface area contributed by atoms with Gasteiger partial charge in [-0.25, -0.2) is 0 Å². The van der Waals surface area contributed by atoms with Crippen LogP contribution in [0.25, 0.3) is 11.1 Å². The predicted molar refractivity (Wildman–Crippen MR) is 147 cm³/mol. The first-order valence-electron chi connectivity index (χ1n) is 12.4. The van der Waals surface area contributed by atoms with Crippen LogP contribution in [0.2, 0.25) is 0 Å². The van der Waals surface area contributed by atoms with Crippen LogP contribution in [0.15, 0.2) is 119 Å². The zero-order valence-electron chi connectivity index (χ0n) is 21.1. The Labute approximate surface area is 240 Å². The van der Waals surface area contributed by atoms with Gasteiger partial charge in [-0.05, 0) is 0 Å². The smallest absolute Gasteiger partial charge is 1.00 e. The molecule has 0 heterocycles. The fourth-order valence-electron chi connectivity index (χ4n) is 5.60. The summed E-state index contributed by atoms with van der Waals surface area (Å²) >= 11 is -2.55. The molecule has 37 heavy (non-hydrogen) atoms. The van der Waals surface area contributed by atoms with Gasteiger partial charge >= 0.3 is 217 Å². The summed E-state index contributed by atoms with van der Waals surface area (Å²) in [6.07, 6.45) is 9.15. The van der Waals surface area contributed by atoms with Gasteiger partial charge in [0.1, 0.15) is 0 Å². The van der Waals surface area contributed by atoms with Crippen LogP contribution in [0.1, 0.15) is 28.7 Å². The van der Waals surface area contributed by atoms with Crippen LogP contribution in [0.4, 0.5) is 5.69 Å². The molecule has 2 aliphatic rings. The standard InChI is InChI=1S/C15H14N.C13H10.C5H5.2ClH.Zr/c1-16(2)14-9-5-7-12-10-11-6-3-4-8-13(11)15(12)14;1-3-7-12(8-4-1)11-13-9-5-2-6-10-13;1-2-4-5-3-1;;;/h3-6,8-9H,10H2,1-2H3;1-10H;1-3H,4H2;2*1H;/q;;;;;+2/p-2. The summed E-state index contributed by atoms with van der Waals surface area (Å²) in [5, 5.41) is 0. The molecule has 0 aromatic heterocycles. The number of nitrogens with zero attached hydrogens (tertiary/aromatic N) is 1. The third-order valence-corrected chi connectivity index (χ3v) is 14.8. The second-order valence-corrected chi connectivity index (χ2v) is 15.5. The number of halogens is 2. The summed E-state index contributed by atoms with van der Waals surface area (Å²) in [6, 6.07) is 36.2. The van der Waals surface area contributed by atoms with Crippen molar-refractivity contribution in [1.29, 1.82) is 0 Å². The van der Waals surface area contributed by atoms with Crippen molar-refractivity contribution < 1.29 is 46.1 Å². The molecular weight excluding hydrogens is 573 g/mol. The Balaban J connectivity index is 0.00000160. The molecule has 6 rings (SSSR count). The summed E-state index contributed by atoms with van der Waals surface area (Å²) in [7, 11) is 4.34. The quantitative estimate of drug-likeness (QED) is 0.287. The fraction of sp³-hybridized carbons (Fsp3) is 0.121. The SMILES string of the molecule is CN(C)c1cc[c]([Zr+2]([C]2=CC=CC2)=[C](c2ccccc2)c2ccccc2)c2c1-c1ccccc1C2.[Cl-].[Cl-]. The van der Waals surface area contributed by atoms with Crippen molar-refractivity contribution in [1.82, 2.24) is 0 Å². The minimum absolute atomic E-state index is 0. The molecule has 0 amide bonds. The molecule has 0 aliphatic heterocycles. The molecule has 0 saturated heterocycles. The van der Waals surface area contributed by atoms with E-state index in [1.807, 2.05) is 0 Å². The number of benzene rings is 4. The monoisotopic (exact) mass is 599 g/mol. The van der Waals surface area contributed by atoms with Gasteiger partial charge in [-0.3, -0.25) is 0 Å². The summed E-state index contributed by atoms with van der Waals surface area (Å²) < 4.78 is 4.87. The van der Waals surface area contributed by atoms with E-state index in [1.54, 1.807) is 15.3 Å². The molecular formula is C33H29Cl2NZr. The molecule has 0 bridgehead atoms. The van der Waals surface area contributed by atoms with E-state index in [9.17, 15) is 0 Å². The van der Waals surface area contributed by atoms with Crippen molar-refractivity contribution in [2.45, 2.75) is 12.8 Å². The van der Waals surface area contributed by atoms with Gasteiger partial charge in [0.2, 0.25) is 0 Å². The van der Waals surface area contributed by atoms with E-state index in [-0.39, 0.29) is 24.8 Å². The minimum atomic E-state index is -2.55. The minimum Gasteiger partial charge on any atom is -1.00 e. The second kappa shape index (κ2) is 11.9. The van der Waals surface area contributed by atoms with Gasteiger partial charge in [0.05, 0.1) is 0 Å². The molecule has 0 N–H and O–H groups in total. The van der Waals surface area contributed by atoms with Crippen LogP contribution in [-0.2, 0) is 27.7 Å². The topological polar surface area (TPSA) is 3.24 Å². The largest absolute Gasteiger partial charge is 1.00 e. The van der Waals surface area contributed by atoms with E-state index in [0.29, 0.717) is 0 Å². The molecule has 4 aromatic carbocycles. The maximum absolute atomic E-state index is 2.55. The van der Waals surface area contributed by atoms with E-state index in [2.05, 4.69) is 134 Å². The normalized spacial score (nSPS) is 12.3. The Morgan fingerprint density at radius 2 is 1.35 bits per heavy atom. The van der Waals surface area contributed by atoms with Crippen molar-refractivity contribution in [3.63, 3.8) is 0 Å². The molecule has 0 saturated carbocycles. The van der Waals surface area contributed by atoms with Gasteiger partial charge in [-0.1, -0.05) is 0 Å². The Hall–Kier alpha value is -2.51. The Bertz CT molecular complexity index is 1460. The van der Waals surface area contributed by atoms with Crippen LogP contribution in [0, 0.1) is 0 Å². The summed E-state index contributed by atoms with van der Waals surface area (Å²) in [5.74, 6) is 0. The van der Waals surface area contributed by atoms with E-state index in [4.69, 9.17) is 0 Å². The third kappa shape index (κ3) is 5.13. The van der Waals surface area contributed by atoms with Crippen LogP contribution in [-0.4, -0.2) is 17.3 Å². The average molecular weight is 602 g/mol. The zero-order valence-corrected chi connectivity index (χ0v) is 25.1. The summed E-state index contributed by atoms with van der Waals surface area (Å²) in [5.41, 5.74) is 9.97. The van der Waals surface area contributed by atoms with Gasteiger partial charge < -0.3 is 24.8 Å². The van der Waals surface area contributed by atoms with Gasteiger partial charge in [0.15, 0.2) is 0 Å². The Kier molecular flexibility index (Phi) is 8.86. The maximum Gasteiger partial charge on any atom is -1.00 e. The molecule has 2 aliphatic carbocycles. The summed E-state index contributed by atoms with van der Waals surface area (Å²) in [6.45, 7) is 0. The molecule has 4 heteroatoms. The molecule has 0 unspecified atom stereocenters. The zero-order chi connectivity index (χ0) is 23.8. The molecule has 0 radical (unpaired) electrons. The van der Waals surface area contributed by atoms with E-state index >= 15 is 0 Å². The number of rotatable bonds is 5. The number of hydrogen-bond donors (Lipinski definition) is 0. The second-order valence-electron chi connectivity index (χ2n) is 9.52. The van der Waals surface area contributed by atoms with Crippen molar-refractivity contribution in [3.05, 3.63) is 141 Å². The molecule has 0 spiro atoms. The van der Waals surface area contributed by atoms with Gasteiger partial charge in [-0.2, -0.15) is 0 Å². The number of fused-ring (bicyclic) bond motifs is 3. The number of hydrogen-bond acceptors (Lipinski definition) is 1. The van der Waals surface area contributed by atoms with Gasteiger partial charge in [0.25, 0.3) is 0 Å². The first-order valence-corrected chi connectivity index (χ1v) is 16.0. The first-order chi connectivity index (χ1) is 17.2. The molecule has 1 nitrogen and oxygen atoms in total. The van der Waals surface area contributed by atoms with Crippen LogP contribution in [0.3, 0.4) is 0 Å². The van der Waals surface area contributed by atoms with Crippen molar-refractivity contribution in [3.8, 4) is 11.1 Å². The maximum atomic E-state index is 2.49. The van der Waals surface area contributed by atoms with Crippen molar-refractivity contribution >= 4 is 12.2 Å². The molecule has 184 valence electrons. The van der Waals surface area contributed by atoms with Crippen LogP contribution >= 0.6 is 0 Å². The molecule has 0 fully saturated rings. The van der Waals surface area contributed by atoms with Crippen LogP contribution < -0.4 is 33.0 Å². The number of anilines is 1. The third-order valence-electron chi connectivity index (χ3n) is 7.16. The summed E-state index contributed by atoms with van der Waals surface area (Å²) in [4.78, 5) is 2.28. The van der Waals surface area contributed by atoms with Crippen molar-refractivity contribution in [2.75, 3.05) is 19.0 Å². The van der Waals surface area contributed by atoms with E-state index < -0.39 is 21.3 Å². The van der Waals surface area contributed by atoms with E-state index in [0.717, 1.165) is 12.8 Å². The predicted octanol–water partition coefficient (Wildman–Crippen LogP) is 0.688. The average Bonchev–Trinajstić information content (AvgIpc) is 3.56. The Morgan fingerprint density at radius 3 is 1.95 bits per heavy atom. The van der Waals surface area contributed by atoms with E-state index in [1.165, 1.54) is 33.5 Å². The molecule has 4 aromatic rings. The fourth-order valence-corrected chi connectivity index (χ4v) is 13.5. The van der Waals surface area contributed by atoms with Gasteiger partial charge in [-0.15, -0.1) is 0 Å². The Morgan fingerprint density at radius 1 is 0.730 bits per heavy atom. The number of allylic oxidation sites excluding steroid dienone is 4. The van der Waals surface area contributed by atoms with Crippen LogP contribution in [0.5, 0.6) is 0 Å².